The van der Waals surface area contributed by atoms with Crippen molar-refractivity contribution in [2.24, 2.45) is 7.05 Å². The number of anilines is 1. The summed E-state index contributed by atoms with van der Waals surface area (Å²) in [5.74, 6) is -2.58. The lowest BCUT2D eigenvalue weighted by molar-refractivity contribution is -0.142. The first kappa shape index (κ1) is 34.5. The van der Waals surface area contributed by atoms with Crippen LogP contribution in [0.25, 0.3) is 27.7 Å². The third-order valence-electron chi connectivity index (χ3n) is 6.77. The second kappa shape index (κ2) is 13.3. The van der Waals surface area contributed by atoms with Gasteiger partial charge in [-0.2, -0.15) is 31.8 Å². The molecule has 3 N–H and O–H groups in total. The second-order valence-electron chi connectivity index (χ2n) is 10.3. The summed E-state index contributed by atoms with van der Waals surface area (Å²) in [4.78, 5) is 26.1. The number of halogens is 5. The summed E-state index contributed by atoms with van der Waals surface area (Å²) in [5.41, 5.74) is -1.64. The molecule has 0 aliphatic heterocycles. The number of nitrogens with zero attached hydrogens (tertiary/aromatic N) is 4. The van der Waals surface area contributed by atoms with Crippen LogP contribution in [0.2, 0.25) is 0 Å². The van der Waals surface area contributed by atoms with Gasteiger partial charge in [-0.15, -0.1) is 0 Å². The minimum atomic E-state index is -4.96. The lowest BCUT2D eigenvalue weighted by Gasteiger charge is -2.17. The van der Waals surface area contributed by atoms with Gasteiger partial charge in [0.25, 0.3) is 21.6 Å². The fourth-order valence-electron chi connectivity index (χ4n) is 4.64. The van der Waals surface area contributed by atoms with Gasteiger partial charge >= 0.3 is 6.18 Å². The van der Waals surface area contributed by atoms with E-state index >= 15 is 4.39 Å². The quantitative estimate of drug-likeness (QED) is 0.142. The van der Waals surface area contributed by atoms with Gasteiger partial charge in [-0.3, -0.25) is 28.5 Å². The van der Waals surface area contributed by atoms with Gasteiger partial charge in [-0.05, 0) is 60.7 Å². The standard InChI is InChI=1S/C30H19F5N6O3.CH4O3S/c1-40-24-12-22(17-13-36-37-14-17)26(10-16(24)15-38-40)44-25-8-4-19(11-23(25)32)39-28(42)21-7-9-27(30(33,34)35)41(29(21)43)20-5-2-18(31)3-6-20;1-5(2,3)4/h2-15H,1H3,(H,36,37)(H,39,42);1H3,(H,2,3,4). The molecular weight excluding hydrogens is 679 g/mol. The van der Waals surface area contributed by atoms with Crippen LogP contribution in [-0.2, 0) is 23.3 Å². The van der Waals surface area contributed by atoms with Crippen LogP contribution in [0.15, 0.2) is 90.1 Å². The topological polar surface area (TPSA) is 161 Å². The molecule has 0 fully saturated rings. The van der Waals surface area contributed by atoms with Gasteiger partial charge in [-0.25, -0.2) is 8.78 Å². The Morgan fingerprint density at radius 3 is 2.29 bits per heavy atom. The zero-order chi connectivity index (χ0) is 35.7. The van der Waals surface area contributed by atoms with Gasteiger partial charge in [0.15, 0.2) is 11.6 Å². The summed E-state index contributed by atoms with van der Waals surface area (Å²) in [6.07, 6.45) is 0.602. The number of ether oxygens (including phenoxy) is 1. The Morgan fingerprint density at radius 2 is 1.67 bits per heavy atom. The largest absolute Gasteiger partial charge is 0.454 e. The predicted molar refractivity (Wildman–Crippen MR) is 167 cm³/mol. The zero-order valence-electron chi connectivity index (χ0n) is 25.2. The fourth-order valence-corrected chi connectivity index (χ4v) is 4.64. The van der Waals surface area contributed by atoms with Crippen LogP contribution in [0.1, 0.15) is 16.1 Å². The van der Waals surface area contributed by atoms with Gasteiger partial charge < -0.3 is 10.1 Å². The summed E-state index contributed by atoms with van der Waals surface area (Å²) in [5, 5.41) is 14.0. The summed E-state index contributed by atoms with van der Waals surface area (Å²) >= 11 is 0. The molecule has 1 amide bonds. The molecule has 0 unspecified atom stereocenters. The number of amides is 1. The molecule has 18 heteroatoms. The Kier molecular flexibility index (Phi) is 9.37. The highest BCUT2D eigenvalue weighted by Gasteiger charge is 2.36. The van der Waals surface area contributed by atoms with Crippen molar-refractivity contribution in [2.75, 3.05) is 11.6 Å². The first-order chi connectivity index (χ1) is 23.0. The summed E-state index contributed by atoms with van der Waals surface area (Å²) in [6, 6.07) is 12.0. The van der Waals surface area contributed by atoms with E-state index in [4.69, 9.17) is 9.29 Å². The third-order valence-corrected chi connectivity index (χ3v) is 6.77. The summed E-state index contributed by atoms with van der Waals surface area (Å²) < 4.78 is 103. The highest BCUT2D eigenvalue weighted by atomic mass is 32.2. The molecular formula is C31H23F5N6O6S. The number of carbonyl (C=O) groups excluding carboxylic acids is 1. The van der Waals surface area contributed by atoms with Gasteiger partial charge in [-0.1, -0.05) is 0 Å². The van der Waals surface area contributed by atoms with Crippen molar-refractivity contribution in [1.29, 1.82) is 0 Å². The molecule has 0 atom stereocenters. The monoisotopic (exact) mass is 702 g/mol. The number of fused-ring (bicyclic) bond motifs is 1. The van der Waals surface area contributed by atoms with Crippen LogP contribution >= 0.6 is 0 Å². The highest BCUT2D eigenvalue weighted by Crippen LogP contribution is 2.38. The molecule has 0 spiro atoms. The number of hydrogen-bond donors (Lipinski definition) is 3. The van der Waals surface area contributed by atoms with E-state index in [9.17, 15) is 35.6 Å². The van der Waals surface area contributed by atoms with E-state index in [1.165, 1.54) is 12.1 Å². The van der Waals surface area contributed by atoms with Crippen molar-refractivity contribution in [3.63, 3.8) is 0 Å². The highest BCUT2D eigenvalue weighted by molar-refractivity contribution is 7.85. The minimum Gasteiger partial charge on any atom is -0.454 e. The molecule has 49 heavy (non-hydrogen) atoms. The third kappa shape index (κ3) is 7.99. The van der Waals surface area contributed by atoms with E-state index in [0.717, 1.165) is 47.3 Å². The number of hydrogen-bond acceptors (Lipinski definition) is 7. The molecule has 0 saturated heterocycles. The van der Waals surface area contributed by atoms with Crippen molar-refractivity contribution < 1.29 is 44.5 Å². The van der Waals surface area contributed by atoms with E-state index < -0.39 is 50.7 Å². The molecule has 3 aromatic carbocycles. The fraction of sp³-hybridized carbons (Fsp3) is 0.0968. The lowest BCUT2D eigenvalue weighted by atomic mass is 10.1. The molecule has 0 bridgehead atoms. The lowest BCUT2D eigenvalue weighted by Crippen LogP contribution is -2.32. The van der Waals surface area contributed by atoms with E-state index in [0.29, 0.717) is 29.2 Å². The average Bonchev–Trinajstić information content (AvgIpc) is 3.67. The van der Waals surface area contributed by atoms with Gasteiger partial charge in [0.1, 0.15) is 22.8 Å². The van der Waals surface area contributed by atoms with Crippen molar-refractivity contribution in [3.8, 4) is 28.3 Å². The van der Waals surface area contributed by atoms with Crippen LogP contribution in [0.5, 0.6) is 11.5 Å². The van der Waals surface area contributed by atoms with Gasteiger partial charge in [0, 0.05) is 47.2 Å². The van der Waals surface area contributed by atoms with Crippen molar-refractivity contribution in [3.05, 3.63) is 119 Å². The number of nitrogens with one attached hydrogen (secondary N) is 2. The van der Waals surface area contributed by atoms with Crippen LogP contribution in [-0.4, -0.2) is 49.7 Å². The molecule has 254 valence electrons. The molecule has 6 aromatic rings. The number of alkyl halides is 3. The number of benzene rings is 3. The Balaban J connectivity index is 0.000000874. The van der Waals surface area contributed by atoms with E-state index in [-0.39, 0.29) is 21.7 Å². The molecule has 12 nitrogen and oxygen atoms in total. The summed E-state index contributed by atoms with van der Waals surface area (Å²) in [7, 11) is -1.89. The second-order valence-corrected chi connectivity index (χ2v) is 11.8. The molecule has 0 aliphatic rings. The number of H-pyrrole nitrogens is 1. The normalized spacial score (nSPS) is 11.6. The van der Waals surface area contributed by atoms with Crippen LogP contribution in [0.4, 0.5) is 27.6 Å². The van der Waals surface area contributed by atoms with E-state index in [1.807, 2.05) is 6.07 Å². The number of pyridine rings is 1. The van der Waals surface area contributed by atoms with Crippen molar-refractivity contribution in [2.45, 2.75) is 6.18 Å². The smallest absolute Gasteiger partial charge is 0.431 e. The molecule has 0 saturated carbocycles. The molecule has 0 aliphatic carbocycles. The Hall–Kier alpha value is -5.88. The minimum absolute atomic E-state index is 0.0924. The van der Waals surface area contributed by atoms with Crippen molar-refractivity contribution >= 4 is 32.6 Å². The zero-order valence-corrected chi connectivity index (χ0v) is 26.0. The Morgan fingerprint density at radius 1 is 0.980 bits per heavy atom. The summed E-state index contributed by atoms with van der Waals surface area (Å²) in [6.45, 7) is 0. The molecule has 6 rings (SSSR count). The molecule has 3 aromatic heterocycles. The van der Waals surface area contributed by atoms with Crippen molar-refractivity contribution in [1.82, 2.24) is 24.5 Å². The molecule has 0 radical (unpaired) electrons. The maximum Gasteiger partial charge on any atom is 0.431 e. The number of aromatic nitrogens is 5. The maximum atomic E-state index is 15.2. The van der Waals surface area contributed by atoms with E-state index in [2.05, 4.69) is 20.6 Å². The van der Waals surface area contributed by atoms with Crippen LogP contribution in [0.3, 0.4) is 0 Å². The Labute approximate surface area is 273 Å². The predicted octanol–water partition coefficient (Wildman–Crippen LogP) is 5.96. The number of carbonyl (C=O) groups is 1. The average molecular weight is 703 g/mol. The number of aromatic amines is 1. The van der Waals surface area contributed by atoms with Gasteiger partial charge in [0.05, 0.1) is 24.2 Å². The first-order valence-electron chi connectivity index (χ1n) is 13.7. The maximum absolute atomic E-state index is 15.2. The van der Waals surface area contributed by atoms with Gasteiger partial charge in [0.2, 0.25) is 0 Å². The van der Waals surface area contributed by atoms with E-state index in [1.54, 1.807) is 36.4 Å². The SMILES string of the molecule is CS(=O)(=O)O.Cn1ncc2cc(Oc3ccc(NC(=O)c4ccc(C(F)(F)F)n(-c5ccc(F)cc5)c4=O)cc3F)c(-c3cn[nH]c3)cc21. The Bertz CT molecular complexity index is 2330. The van der Waals surface area contributed by atoms with Crippen LogP contribution in [0, 0.1) is 11.6 Å². The van der Waals surface area contributed by atoms with Crippen LogP contribution < -0.4 is 15.6 Å². The number of aryl methyl sites for hydroxylation is 1. The first-order valence-corrected chi connectivity index (χ1v) is 15.6. The number of rotatable bonds is 6. The molecule has 3 heterocycles.